The first kappa shape index (κ1) is 23.2. The number of nitrogens with zero attached hydrogens (tertiary/aromatic N) is 3. The highest BCUT2D eigenvalue weighted by molar-refractivity contribution is 5.71. The Hall–Kier alpha value is -2.57. The van der Waals surface area contributed by atoms with Crippen LogP contribution in [-0.4, -0.2) is 55.7 Å². The highest BCUT2D eigenvalue weighted by Gasteiger charge is 2.35. The van der Waals surface area contributed by atoms with Crippen molar-refractivity contribution < 1.29 is 9.53 Å². The average Bonchev–Trinajstić information content (AvgIpc) is 3.37. The Bertz CT molecular complexity index is 988. The van der Waals surface area contributed by atoms with Crippen LogP contribution in [0.3, 0.4) is 0 Å². The van der Waals surface area contributed by atoms with Crippen molar-refractivity contribution in [3.8, 4) is 5.75 Å². The third-order valence-corrected chi connectivity index (χ3v) is 7.60. The molecule has 1 unspecified atom stereocenters. The molecule has 0 aliphatic carbocycles. The topological polar surface area (TPSA) is 48.1 Å². The molecule has 0 aromatic heterocycles. The number of unbranched alkanes of at least 4 members (excludes halogenated alkanes) is 3. The van der Waals surface area contributed by atoms with Gasteiger partial charge in [-0.2, -0.15) is 0 Å². The Balaban J connectivity index is 1.09. The lowest BCUT2D eigenvalue weighted by Crippen LogP contribution is -2.47. The number of carbonyl (C=O) groups excluding carboxylic acids is 1. The summed E-state index contributed by atoms with van der Waals surface area (Å²) in [4.78, 5) is 19.7. The molecule has 0 saturated carbocycles. The average molecular weight is 463 g/mol. The lowest BCUT2D eigenvalue weighted by Gasteiger charge is -2.47. The van der Waals surface area contributed by atoms with Crippen LogP contribution in [0.4, 0.5) is 10.5 Å². The number of likely N-dealkylation sites (tertiary alicyclic amines) is 1. The molecule has 0 spiro atoms. The van der Waals surface area contributed by atoms with Crippen LogP contribution in [0.5, 0.6) is 5.75 Å². The summed E-state index contributed by atoms with van der Waals surface area (Å²) < 4.78 is 5.61. The summed E-state index contributed by atoms with van der Waals surface area (Å²) in [6.45, 7) is 6.36. The Morgan fingerprint density at radius 1 is 1.00 bits per heavy atom. The number of benzene rings is 2. The molecule has 0 radical (unpaired) electrons. The van der Waals surface area contributed by atoms with Crippen molar-refractivity contribution in [3.05, 3.63) is 59.2 Å². The molecule has 3 aliphatic heterocycles. The molecule has 1 fully saturated rings. The Morgan fingerprint density at radius 2 is 1.82 bits per heavy atom. The molecule has 182 valence electrons. The van der Waals surface area contributed by atoms with Crippen molar-refractivity contribution in [1.29, 1.82) is 0 Å². The van der Waals surface area contributed by atoms with Crippen molar-refractivity contribution in [2.45, 2.75) is 57.7 Å². The normalized spacial score (nSPS) is 19.9. The van der Waals surface area contributed by atoms with Crippen LogP contribution in [0.25, 0.3) is 0 Å². The molecule has 0 bridgehead atoms. The Morgan fingerprint density at radius 3 is 2.71 bits per heavy atom. The molecule has 34 heavy (non-hydrogen) atoms. The zero-order chi connectivity index (χ0) is 23.3. The van der Waals surface area contributed by atoms with Gasteiger partial charge < -0.3 is 19.9 Å². The summed E-state index contributed by atoms with van der Waals surface area (Å²) in [7, 11) is 2.16. The van der Waals surface area contributed by atoms with E-state index in [1.54, 1.807) is 0 Å². The van der Waals surface area contributed by atoms with E-state index in [-0.39, 0.29) is 12.3 Å². The summed E-state index contributed by atoms with van der Waals surface area (Å²) in [5, 5.41) is 2.92. The lowest BCUT2D eigenvalue weighted by atomic mass is 9.93. The SMILES string of the molecule is CN1c2ccc(OC(=O)NCCCCCCN3CCCC3)cc2CN2CCc3ccccc3C21. The maximum absolute atomic E-state index is 12.3. The monoisotopic (exact) mass is 462 g/mol. The number of nitrogens with one attached hydrogen (secondary N) is 1. The number of amides is 1. The van der Waals surface area contributed by atoms with Gasteiger partial charge in [0.1, 0.15) is 11.9 Å². The number of hydrogen-bond donors (Lipinski definition) is 1. The maximum atomic E-state index is 12.3. The fraction of sp³-hybridized carbons (Fsp3) is 0.536. The van der Waals surface area contributed by atoms with E-state index in [0.29, 0.717) is 12.3 Å². The zero-order valence-corrected chi connectivity index (χ0v) is 20.5. The standard InChI is InChI=1S/C28H38N4O2/c1-30-26-13-12-24(34-28(33)29-15-6-2-3-7-16-31-17-8-9-18-31)20-23(26)21-32-19-14-22-10-4-5-11-25(22)27(30)32/h4-5,10-13,20,27H,2-3,6-9,14-19,21H2,1H3,(H,29,33). The Kier molecular flexibility index (Phi) is 7.36. The molecule has 5 rings (SSSR count). The van der Waals surface area contributed by atoms with Gasteiger partial charge in [-0.05, 0) is 86.6 Å². The Labute approximate surface area is 203 Å². The van der Waals surface area contributed by atoms with Gasteiger partial charge >= 0.3 is 6.09 Å². The summed E-state index contributed by atoms with van der Waals surface area (Å²) in [5.41, 5.74) is 5.26. The van der Waals surface area contributed by atoms with Crippen molar-refractivity contribution in [2.75, 3.05) is 44.7 Å². The zero-order valence-electron chi connectivity index (χ0n) is 20.5. The van der Waals surface area contributed by atoms with Gasteiger partial charge in [-0.1, -0.05) is 37.1 Å². The summed E-state index contributed by atoms with van der Waals surface area (Å²) in [5.74, 6) is 0.617. The number of ether oxygens (including phenoxy) is 1. The van der Waals surface area contributed by atoms with Crippen molar-refractivity contribution in [2.24, 2.45) is 0 Å². The van der Waals surface area contributed by atoms with Crippen LogP contribution in [-0.2, 0) is 13.0 Å². The molecule has 6 heteroatoms. The highest BCUT2D eigenvalue weighted by atomic mass is 16.6. The van der Waals surface area contributed by atoms with E-state index in [2.05, 4.69) is 57.4 Å². The fourth-order valence-electron chi connectivity index (χ4n) is 5.82. The first-order valence-electron chi connectivity index (χ1n) is 13.0. The molecule has 1 atom stereocenters. The number of rotatable bonds is 8. The quantitative estimate of drug-likeness (QED) is 0.563. The number of fused-ring (bicyclic) bond motifs is 4. The molecule has 1 amide bonds. The van der Waals surface area contributed by atoms with Crippen LogP contribution >= 0.6 is 0 Å². The van der Waals surface area contributed by atoms with Gasteiger partial charge in [0.15, 0.2) is 0 Å². The van der Waals surface area contributed by atoms with Gasteiger partial charge in [0.05, 0.1) is 0 Å². The third-order valence-electron chi connectivity index (χ3n) is 7.60. The first-order chi connectivity index (χ1) is 16.7. The van der Waals surface area contributed by atoms with Crippen LogP contribution in [0.2, 0.25) is 0 Å². The number of anilines is 1. The molecule has 6 nitrogen and oxygen atoms in total. The third kappa shape index (κ3) is 5.23. The molecule has 2 aromatic rings. The number of hydrogen-bond acceptors (Lipinski definition) is 5. The largest absolute Gasteiger partial charge is 0.412 e. The molecular formula is C28H38N4O2. The second-order valence-electron chi connectivity index (χ2n) is 9.97. The highest BCUT2D eigenvalue weighted by Crippen LogP contribution is 2.42. The molecular weight excluding hydrogens is 424 g/mol. The van der Waals surface area contributed by atoms with Crippen LogP contribution in [0.15, 0.2) is 42.5 Å². The molecule has 1 N–H and O–H groups in total. The molecule has 1 saturated heterocycles. The first-order valence-corrected chi connectivity index (χ1v) is 13.0. The molecule has 3 aliphatic rings. The van der Waals surface area contributed by atoms with E-state index in [0.717, 1.165) is 32.4 Å². The smallest absolute Gasteiger partial charge is 0.410 e. The predicted molar refractivity (Wildman–Crippen MR) is 136 cm³/mol. The number of carbonyl (C=O) groups is 1. The van der Waals surface area contributed by atoms with E-state index in [1.165, 1.54) is 67.7 Å². The van der Waals surface area contributed by atoms with Gasteiger partial charge in [0, 0.05) is 32.4 Å². The van der Waals surface area contributed by atoms with E-state index in [1.807, 2.05) is 12.1 Å². The van der Waals surface area contributed by atoms with E-state index in [9.17, 15) is 4.79 Å². The predicted octanol–water partition coefficient (Wildman–Crippen LogP) is 4.94. The van der Waals surface area contributed by atoms with E-state index >= 15 is 0 Å². The van der Waals surface area contributed by atoms with Gasteiger partial charge in [-0.3, -0.25) is 4.90 Å². The van der Waals surface area contributed by atoms with Crippen LogP contribution < -0.4 is 15.0 Å². The van der Waals surface area contributed by atoms with Crippen LogP contribution in [0, 0.1) is 0 Å². The van der Waals surface area contributed by atoms with Gasteiger partial charge in [0.2, 0.25) is 0 Å². The van der Waals surface area contributed by atoms with Crippen molar-refractivity contribution in [1.82, 2.24) is 15.1 Å². The van der Waals surface area contributed by atoms with E-state index in [4.69, 9.17) is 4.74 Å². The second-order valence-corrected chi connectivity index (χ2v) is 9.97. The van der Waals surface area contributed by atoms with Gasteiger partial charge in [-0.25, -0.2) is 4.79 Å². The van der Waals surface area contributed by atoms with Crippen molar-refractivity contribution >= 4 is 11.8 Å². The van der Waals surface area contributed by atoms with E-state index < -0.39 is 0 Å². The summed E-state index contributed by atoms with van der Waals surface area (Å²) in [6.07, 6.45) is 8.35. The fourth-order valence-corrected chi connectivity index (χ4v) is 5.82. The lowest BCUT2D eigenvalue weighted by molar-refractivity contribution is 0.163. The van der Waals surface area contributed by atoms with Gasteiger partial charge in [-0.15, -0.1) is 0 Å². The van der Waals surface area contributed by atoms with Crippen molar-refractivity contribution in [3.63, 3.8) is 0 Å². The maximum Gasteiger partial charge on any atom is 0.412 e. The molecule has 2 aromatic carbocycles. The molecule has 3 heterocycles. The van der Waals surface area contributed by atoms with Gasteiger partial charge in [0.25, 0.3) is 0 Å². The minimum absolute atomic E-state index is 0.267. The minimum Gasteiger partial charge on any atom is -0.410 e. The second kappa shape index (κ2) is 10.8. The van der Waals surface area contributed by atoms with Crippen LogP contribution in [0.1, 0.15) is 61.4 Å². The summed E-state index contributed by atoms with van der Waals surface area (Å²) in [6, 6.07) is 14.8. The summed E-state index contributed by atoms with van der Waals surface area (Å²) >= 11 is 0. The minimum atomic E-state index is -0.356.